The van der Waals surface area contributed by atoms with Crippen LogP contribution in [0, 0.1) is 0 Å². The smallest absolute Gasteiger partial charge is 0.159 e. The van der Waals surface area contributed by atoms with E-state index >= 15 is 0 Å². The van der Waals surface area contributed by atoms with Crippen LogP contribution in [-0.4, -0.2) is 0 Å². The van der Waals surface area contributed by atoms with Gasteiger partial charge >= 0.3 is 0 Å². The number of furan rings is 1. The average molecular weight is 857 g/mol. The first-order valence-electron chi connectivity index (χ1n) is 23.3. The first-order valence-corrected chi connectivity index (χ1v) is 23.3. The Morgan fingerprint density at radius 3 is 1.91 bits per heavy atom. The van der Waals surface area contributed by atoms with Gasteiger partial charge < -0.3 is 14.2 Å². The summed E-state index contributed by atoms with van der Waals surface area (Å²) in [4.78, 5) is 4.84. The molecule has 0 saturated carbocycles. The Balaban J connectivity index is 0.932. The Hall–Kier alpha value is -8.40. The van der Waals surface area contributed by atoms with Gasteiger partial charge in [-0.25, -0.2) is 0 Å². The normalized spacial score (nSPS) is 15.8. The van der Waals surface area contributed by atoms with Gasteiger partial charge in [0.25, 0.3) is 0 Å². The van der Waals surface area contributed by atoms with Gasteiger partial charge in [0.15, 0.2) is 5.58 Å². The van der Waals surface area contributed by atoms with Gasteiger partial charge in [0, 0.05) is 38.8 Å². The fourth-order valence-electron chi connectivity index (χ4n) is 12.1. The summed E-state index contributed by atoms with van der Waals surface area (Å²) in [5.41, 5.74) is 23.3. The molecule has 14 rings (SSSR count). The maximum Gasteiger partial charge on any atom is 0.159 e. The molecule has 2 heterocycles. The molecule has 0 amide bonds. The molecule has 3 aliphatic rings. The summed E-state index contributed by atoms with van der Waals surface area (Å²) in [6, 6.07) is 84.9. The molecular weight excluding hydrogens is 813 g/mol. The number of fused-ring (bicyclic) bond motifs is 11. The van der Waals surface area contributed by atoms with Crippen LogP contribution in [0.2, 0.25) is 0 Å². The molecule has 0 fully saturated rings. The number of anilines is 6. The van der Waals surface area contributed by atoms with Gasteiger partial charge in [0.05, 0.1) is 22.5 Å². The molecule has 0 saturated heterocycles. The van der Waals surface area contributed by atoms with Crippen LogP contribution < -0.4 is 9.80 Å². The molecule has 1 aliphatic heterocycles. The van der Waals surface area contributed by atoms with E-state index in [-0.39, 0.29) is 5.41 Å². The highest BCUT2D eigenvalue weighted by molar-refractivity contribution is 6.10. The van der Waals surface area contributed by atoms with Crippen molar-refractivity contribution in [3.8, 4) is 33.4 Å². The van der Waals surface area contributed by atoms with Crippen LogP contribution in [0.3, 0.4) is 0 Å². The maximum absolute atomic E-state index is 6.74. The number of hydrogen-bond donors (Lipinski definition) is 0. The topological polar surface area (TPSA) is 19.6 Å². The molecule has 0 bridgehead atoms. The van der Waals surface area contributed by atoms with Crippen LogP contribution >= 0.6 is 0 Å². The predicted molar refractivity (Wildman–Crippen MR) is 277 cm³/mol. The quantitative estimate of drug-likeness (QED) is 0.166. The minimum absolute atomic E-state index is 0.144. The highest BCUT2D eigenvalue weighted by atomic mass is 16.3. The lowest BCUT2D eigenvalue weighted by Gasteiger charge is -2.44. The summed E-state index contributed by atoms with van der Waals surface area (Å²) in [7, 11) is 0. The molecule has 3 nitrogen and oxygen atoms in total. The Kier molecular flexibility index (Phi) is 7.95. The van der Waals surface area contributed by atoms with Crippen molar-refractivity contribution in [1.29, 1.82) is 0 Å². The average Bonchev–Trinajstić information content (AvgIpc) is 4.00. The molecule has 3 heteroatoms. The van der Waals surface area contributed by atoms with Crippen molar-refractivity contribution in [3.05, 3.63) is 264 Å². The predicted octanol–water partition coefficient (Wildman–Crippen LogP) is 17.2. The third kappa shape index (κ3) is 5.23. The monoisotopic (exact) mass is 856 g/mol. The van der Waals surface area contributed by atoms with Crippen molar-refractivity contribution in [2.24, 2.45) is 0 Å². The molecule has 0 N–H and O–H groups in total. The molecule has 10 aromatic carbocycles. The lowest BCUT2D eigenvalue weighted by Crippen LogP contribution is -2.35. The number of para-hydroxylation sites is 4. The highest BCUT2D eigenvalue weighted by Crippen LogP contribution is 2.65. The van der Waals surface area contributed by atoms with Crippen molar-refractivity contribution in [3.63, 3.8) is 0 Å². The summed E-state index contributed by atoms with van der Waals surface area (Å²) in [6.07, 6.45) is 0. The van der Waals surface area contributed by atoms with Crippen LogP contribution in [0.15, 0.2) is 235 Å². The van der Waals surface area contributed by atoms with Crippen LogP contribution in [0.25, 0.3) is 55.3 Å². The van der Waals surface area contributed by atoms with Crippen molar-refractivity contribution in [2.75, 3.05) is 9.80 Å². The third-order valence-electron chi connectivity index (χ3n) is 15.1. The van der Waals surface area contributed by atoms with Crippen molar-refractivity contribution in [2.45, 2.75) is 24.7 Å². The van der Waals surface area contributed by atoms with Crippen molar-refractivity contribution < 1.29 is 4.42 Å². The number of nitrogens with zero attached hydrogens (tertiary/aromatic N) is 2. The van der Waals surface area contributed by atoms with Crippen LogP contribution in [-0.2, 0) is 10.8 Å². The summed E-state index contributed by atoms with van der Waals surface area (Å²) >= 11 is 0. The van der Waals surface area contributed by atoms with E-state index in [0.717, 1.165) is 50.3 Å². The van der Waals surface area contributed by atoms with E-state index in [1.807, 2.05) is 6.07 Å². The molecule has 67 heavy (non-hydrogen) atoms. The second-order valence-electron chi connectivity index (χ2n) is 18.8. The summed E-state index contributed by atoms with van der Waals surface area (Å²) in [6.45, 7) is 4.70. The Bertz CT molecular complexity index is 3790. The van der Waals surface area contributed by atoms with Crippen molar-refractivity contribution >= 4 is 56.1 Å². The molecular formula is C64H44N2O. The zero-order chi connectivity index (χ0) is 44.4. The standard InChI is InChI=1S/C64H44N2O/c1-63(2)53-25-11-9-21-47(53)48-37-36-46(40-56(48)63)65(59-29-16-24-51-49-22-10-14-30-60(49)67-62(51)59)45-34-31-41(32-35-45)42-33-38-54-52(39-42)50-23-15-28-58-61(50)64(54,43-17-5-3-6-18-43)55-26-12-13-27-57(55)66(58)44-19-7-4-8-20-44/h3-40H,1-2H3. The van der Waals surface area contributed by atoms with Gasteiger partial charge in [0.1, 0.15) is 5.58 Å². The number of rotatable bonds is 6. The van der Waals surface area contributed by atoms with E-state index in [1.54, 1.807) is 0 Å². The van der Waals surface area contributed by atoms with Crippen LogP contribution in [0.5, 0.6) is 0 Å². The lowest BCUT2D eigenvalue weighted by atomic mass is 9.65. The van der Waals surface area contributed by atoms with Gasteiger partial charge in [-0.1, -0.05) is 178 Å². The van der Waals surface area contributed by atoms with Crippen LogP contribution in [0.1, 0.15) is 47.2 Å². The fraction of sp³-hybridized carbons (Fsp3) is 0.0625. The fourth-order valence-corrected chi connectivity index (χ4v) is 12.1. The lowest BCUT2D eigenvalue weighted by molar-refractivity contribution is 0.660. The Labute approximate surface area is 390 Å². The van der Waals surface area contributed by atoms with Crippen LogP contribution in [0.4, 0.5) is 34.1 Å². The summed E-state index contributed by atoms with van der Waals surface area (Å²) in [5, 5.41) is 2.23. The zero-order valence-corrected chi connectivity index (χ0v) is 37.2. The second-order valence-corrected chi connectivity index (χ2v) is 18.8. The number of hydrogen-bond acceptors (Lipinski definition) is 3. The first-order chi connectivity index (χ1) is 33.0. The van der Waals surface area contributed by atoms with Gasteiger partial charge in [-0.15, -0.1) is 0 Å². The highest BCUT2D eigenvalue weighted by Gasteiger charge is 2.52. The van der Waals surface area contributed by atoms with E-state index in [2.05, 4.69) is 248 Å². The van der Waals surface area contributed by atoms with E-state index in [0.29, 0.717) is 0 Å². The summed E-state index contributed by atoms with van der Waals surface area (Å²) < 4.78 is 6.74. The van der Waals surface area contributed by atoms with Gasteiger partial charge in [-0.3, -0.25) is 0 Å². The minimum atomic E-state index is -0.489. The van der Waals surface area contributed by atoms with Gasteiger partial charge in [-0.05, 0) is 128 Å². The second kappa shape index (κ2) is 14.1. The molecule has 0 radical (unpaired) electrons. The Morgan fingerprint density at radius 2 is 1.06 bits per heavy atom. The molecule has 1 aromatic heterocycles. The maximum atomic E-state index is 6.74. The molecule has 1 atom stereocenters. The van der Waals surface area contributed by atoms with E-state index < -0.39 is 5.41 Å². The third-order valence-corrected chi connectivity index (χ3v) is 15.1. The molecule has 2 aliphatic carbocycles. The van der Waals surface area contributed by atoms with E-state index in [1.165, 1.54) is 72.6 Å². The Morgan fingerprint density at radius 1 is 0.418 bits per heavy atom. The first kappa shape index (κ1) is 37.9. The molecule has 11 aromatic rings. The SMILES string of the molecule is CC1(C)c2ccccc2-c2ccc(N(c3ccc(-c4ccc5c(c4)-c4cccc6c4C5(c4ccccc4)c4ccccc4N6c4ccccc4)cc3)c3cccc4c3oc3ccccc34)cc21. The molecule has 0 spiro atoms. The molecule has 1 unspecified atom stereocenters. The van der Waals surface area contributed by atoms with Gasteiger partial charge in [0.2, 0.25) is 0 Å². The largest absolute Gasteiger partial charge is 0.454 e. The van der Waals surface area contributed by atoms with E-state index in [4.69, 9.17) is 4.42 Å². The van der Waals surface area contributed by atoms with E-state index in [9.17, 15) is 0 Å². The summed E-state index contributed by atoms with van der Waals surface area (Å²) in [5.74, 6) is 0. The zero-order valence-electron chi connectivity index (χ0n) is 37.2. The minimum Gasteiger partial charge on any atom is -0.454 e. The molecule has 316 valence electrons. The van der Waals surface area contributed by atoms with Gasteiger partial charge in [-0.2, -0.15) is 0 Å². The van der Waals surface area contributed by atoms with Crippen molar-refractivity contribution in [1.82, 2.24) is 0 Å². The number of benzene rings is 10.